The number of hydrogen-bond donors (Lipinski definition) is 0. The van der Waals surface area contributed by atoms with Crippen LogP contribution in [-0.4, -0.2) is 16.8 Å². The fourth-order valence-electron chi connectivity index (χ4n) is 3.88. The minimum atomic E-state index is 0.262. The molecule has 1 aliphatic heterocycles. The van der Waals surface area contributed by atoms with Crippen molar-refractivity contribution in [1.29, 1.82) is 0 Å². The predicted molar refractivity (Wildman–Crippen MR) is 136 cm³/mol. The summed E-state index contributed by atoms with van der Waals surface area (Å²) in [4.78, 5) is 12.5. The standard InChI is InChI=1S/C27H17BrN2O2S/c28-20-12-11-19(22-13-14-23(33-22)21-15-31-16-32-21)26-27(20)30-25(18-9-5-2-6-10-18)24(29-26)17-7-3-1-4-8-17/h1-15H,16H2. The van der Waals surface area contributed by atoms with Crippen LogP contribution in [0, 0.1) is 0 Å². The van der Waals surface area contributed by atoms with Crippen molar-refractivity contribution in [1.82, 2.24) is 9.97 Å². The lowest BCUT2D eigenvalue weighted by molar-refractivity contribution is 0.101. The summed E-state index contributed by atoms with van der Waals surface area (Å²) in [5.41, 5.74) is 6.51. The number of aromatic nitrogens is 2. The van der Waals surface area contributed by atoms with Gasteiger partial charge >= 0.3 is 0 Å². The lowest BCUT2D eigenvalue weighted by Crippen LogP contribution is -1.97. The van der Waals surface area contributed by atoms with E-state index in [0.29, 0.717) is 0 Å². The van der Waals surface area contributed by atoms with Crippen LogP contribution in [0.3, 0.4) is 0 Å². The van der Waals surface area contributed by atoms with Crippen molar-refractivity contribution in [3.8, 4) is 33.0 Å². The first-order valence-electron chi connectivity index (χ1n) is 10.4. The second-order valence-corrected chi connectivity index (χ2v) is 9.46. The summed E-state index contributed by atoms with van der Waals surface area (Å²) in [6.07, 6.45) is 1.66. The lowest BCUT2D eigenvalue weighted by Gasteiger charge is -2.13. The number of nitrogens with zero attached hydrogens (tertiary/aromatic N) is 2. The van der Waals surface area contributed by atoms with E-state index >= 15 is 0 Å². The molecule has 0 radical (unpaired) electrons. The van der Waals surface area contributed by atoms with Gasteiger partial charge in [-0.2, -0.15) is 0 Å². The molecule has 4 nitrogen and oxygen atoms in total. The molecule has 1 aliphatic rings. The molecule has 3 aromatic carbocycles. The van der Waals surface area contributed by atoms with Crippen molar-refractivity contribution in [2.45, 2.75) is 0 Å². The van der Waals surface area contributed by atoms with Gasteiger partial charge in [0.1, 0.15) is 11.8 Å². The quantitative estimate of drug-likeness (QED) is 0.246. The molecule has 0 atom stereocenters. The van der Waals surface area contributed by atoms with E-state index in [9.17, 15) is 0 Å². The van der Waals surface area contributed by atoms with Gasteiger partial charge in [-0.1, -0.05) is 66.7 Å². The Morgan fingerprint density at radius 3 is 1.97 bits per heavy atom. The summed E-state index contributed by atoms with van der Waals surface area (Å²) < 4.78 is 11.7. The predicted octanol–water partition coefficient (Wildman–Crippen LogP) is 7.76. The minimum absolute atomic E-state index is 0.262. The third kappa shape index (κ3) is 3.71. The number of halogens is 1. The number of fused-ring (bicyclic) bond motifs is 1. The van der Waals surface area contributed by atoms with Crippen LogP contribution in [0.5, 0.6) is 0 Å². The minimum Gasteiger partial charge on any atom is -0.461 e. The number of thiophene rings is 1. The van der Waals surface area contributed by atoms with Gasteiger partial charge in [0.25, 0.3) is 0 Å². The van der Waals surface area contributed by atoms with E-state index in [0.717, 1.165) is 59.1 Å². The molecule has 0 fully saturated rings. The average molecular weight is 513 g/mol. The van der Waals surface area contributed by atoms with Crippen LogP contribution in [0.4, 0.5) is 0 Å². The highest BCUT2D eigenvalue weighted by molar-refractivity contribution is 9.10. The monoisotopic (exact) mass is 512 g/mol. The van der Waals surface area contributed by atoms with Gasteiger partial charge in [0.05, 0.1) is 21.8 Å². The topological polar surface area (TPSA) is 44.2 Å². The van der Waals surface area contributed by atoms with E-state index in [1.165, 1.54) is 0 Å². The molecular weight excluding hydrogens is 496 g/mol. The fourth-order valence-corrected chi connectivity index (χ4v) is 5.28. The maximum absolute atomic E-state index is 5.55. The smallest absolute Gasteiger partial charge is 0.230 e. The molecule has 0 unspecified atom stereocenters. The highest BCUT2D eigenvalue weighted by Crippen LogP contribution is 2.40. The maximum atomic E-state index is 5.55. The van der Waals surface area contributed by atoms with Crippen LogP contribution in [-0.2, 0) is 9.47 Å². The molecule has 0 N–H and O–H groups in total. The van der Waals surface area contributed by atoms with Crippen LogP contribution in [0.15, 0.2) is 95.7 Å². The summed E-state index contributed by atoms with van der Waals surface area (Å²) in [7, 11) is 0. The first-order chi connectivity index (χ1) is 16.3. The highest BCUT2D eigenvalue weighted by Gasteiger charge is 2.19. The second-order valence-electron chi connectivity index (χ2n) is 7.52. The zero-order valence-electron chi connectivity index (χ0n) is 17.4. The molecule has 0 saturated carbocycles. The number of ether oxygens (including phenoxy) is 2. The Hall–Kier alpha value is -3.48. The summed E-state index contributed by atoms with van der Waals surface area (Å²) in [5.74, 6) is 0.759. The molecule has 6 heteroatoms. The zero-order chi connectivity index (χ0) is 22.2. The Kier molecular flexibility index (Phi) is 5.17. The molecular formula is C27H17BrN2O2S. The molecule has 0 spiro atoms. The van der Waals surface area contributed by atoms with Crippen molar-refractivity contribution in [3.63, 3.8) is 0 Å². The van der Waals surface area contributed by atoms with E-state index in [1.54, 1.807) is 17.6 Å². The number of hydrogen-bond acceptors (Lipinski definition) is 5. The maximum Gasteiger partial charge on any atom is 0.230 e. The van der Waals surface area contributed by atoms with E-state index < -0.39 is 0 Å². The zero-order valence-corrected chi connectivity index (χ0v) is 19.8. The van der Waals surface area contributed by atoms with Gasteiger partial charge in [-0.05, 0) is 34.1 Å². The Morgan fingerprint density at radius 2 is 1.33 bits per heavy atom. The molecule has 6 rings (SSSR count). The van der Waals surface area contributed by atoms with E-state index in [-0.39, 0.29) is 6.79 Å². The van der Waals surface area contributed by atoms with Crippen molar-refractivity contribution in [3.05, 3.63) is 101 Å². The molecule has 0 aliphatic carbocycles. The van der Waals surface area contributed by atoms with Gasteiger partial charge < -0.3 is 9.47 Å². The van der Waals surface area contributed by atoms with Crippen LogP contribution in [0.2, 0.25) is 0 Å². The molecule has 33 heavy (non-hydrogen) atoms. The van der Waals surface area contributed by atoms with Gasteiger partial charge in [0.2, 0.25) is 6.79 Å². The normalized spacial score (nSPS) is 12.9. The summed E-state index contributed by atoms with van der Waals surface area (Å²) in [6.45, 7) is 0.262. The summed E-state index contributed by atoms with van der Waals surface area (Å²) in [5, 5.41) is 0. The molecule has 0 amide bonds. The van der Waals surface area contributed by atoms with Crippen LogP contribution < -0.4 is 0 Å². The fraction of sp³-hybridized carbons (Fsp3) is 0.0370. The molecule has 0 saturated heterocycles. The largest absolute Gasteiger partial charge is 0.461 e. The average Bonchev–Trinajstić information content (AvgIpc) is 3.57. The number of benzene rings is 3. The van der Waals surface area contributed by atoms with Gasteiger partial charge in [-0.25, -0.2) is 9.97 Å². The third-order valence-electron chi connectivity index (χ3n) is 5.46. The molecule has 3 heterocycles. The molecule has 2 aromatic heterocycles. The Bertz CT molecular complexity index is 1500. The van der Waals surface area contributed by atoms with Gasteiger partial charge in [-0.15, -0.1) is 11.3 Å². The van der Waals surface area contributed by atoms with E-state index in [4.69, 9.17) is 19.4 Å². The third-order valence-corrected chi connectivity index (χ3v) is 7.23. The summed E-state index contributed by atoms with van der Waals surface area (Å²) >= 11 is 5.36. The van der Waals surface area contributed by atoms with Crippen molar-refractivity contribution >= 4 is 44.1 Å². The van der Waals surface area contributed by atoms with Crippen LogP contribution in [0.1, 0.15) is 4.88 Å². The highest BCUT2D eigenvalue weighted by atomic mass is 79.9. The Balaban J connectivity index is 1.60. The van der Waals surface area contributed by atoms with Crippen LogP contribution in [0.25, 0.3) is 49.7 Å². The van der Waals surface area contributed by atoms with Gasteiger partial charge in [0, 0.05) is 26.0 Å². The van der Waals surface area contributed by atoms with E-state index in [1.807, 2.05) is 42.5 Å². The van der Waals surface area contributed by atoms with Crippen molar-refractivity contribution in [2.75, 3.05) is 6.79 Å². The number of rotatable bonds is 4. The molecule has 0 bridgehead atoms. The Labute approximate surface area is 203 Å². The van der Waals surface area contributed by atoms with Crippen LogP contribution >= 0.6 is 27.3 Å². The van der Waals surface area contributed by atoms with Crippen molar-refractivity contribution in [2.24, 2.45) is 0 Å². The Morgan fingerprint density at radius 1 is 0.697 bits per heavy atom. The first-order valence-corrected chi connectivity index (χ1v) is 12.0. The second kappa shape index (κ2) is 8.46. The van der Waals surface area contributed by atoms with Crippen molar-refractivity contribution < 1.29 is 9.47 Å². The lowest BCUT2D eigenvalue weighted by atomic mass is 10.0. The first kappa shape index (κ1) is 20.1. The molecule has 5 aromatic rings. The van der Waals surface area contributed by atoms with Gasteiger partial charge in [-0.3, -0.25) is 0 Å². The van der Waals surface area contributed by atoms with Gasteiger partial charge in [0.15, 0.2) is 5.76 Å². The molecule has 160 valence electrons. The van der Waals surface area contributed by atoms with E-state index in [2.05, 4.69) is 58.4 Å². The summed E-state index contributed by atoms with van der Waals surface area (Å²) in [6, 6.07) is 28.7. The SMILES string of the molecule is Brc1ccc(-c2ccc(C3=COCO3)s2)c2nc(-c3ccccc3)c(-c3ccccc3)nc12.